The van der Waals surface area contributed by atoms with Crippen molar-refractivity contribution in [3.05, 3.63) is 86.8 Å². The average molecular weight is 570 g/mol. The number of anilines is 1. The number of hydrogen-bond acceptors (Lipinski definition) is 8. The molecule has 14 heteroatoms. The predicted octanol–water partition coefficient (Wildman–Crippen LogP) is 1.40. The molecule has 0 spiro atoms. The Morgan fingerprint density at radius 2 is 1.90 bits per heavy atom. The van der Waals surface area contributed by atoms with Crippen molar-refractivity contribution >= 4 is 35.2 Å². The fourth-order valence-corrected chi connectivity index (χ4v) is 6.43. The van der Waals surface area contributed by atoms with Gasteiger partial charge in [0.25, 0.3) is 5.91 Å². The molecule has 1 fully saturated rings. The molecule has 3 aliphatic heterocycles. The lowest BCUT2D eigenvalue weighted by Gasteiger charge is -2.51. The van der Waals surface area contributed by atoms with Gasteiger partial charge in [-0.2, -0.15) is 0 Å². The second-order valence-corrected chi connectivity index (χ2v) is 10.3. The van der Waals surface area contributed by atoms with Crippen LogP contribution in [-0.2, 0) is 20.1 Å². The number of aromatic nitrogens is 1. The molecule has 3 amide bonds. The number of halogens is 2. The standard InChI is InChI=1S/C26H21F2N5O6S/c27-15-6-5-12-14(19(15)28)11-40-17-4-2-1-3-13(17)20(12)33-18-10-39-8-7-31(18)26(38)21-23(35)22(34)16(9-32(21)33)30-25(37)24(29)36/h1-6,9,18,20,35H,7-8,10-11H2,(H2,29,36)(H,30,37)/t18?,20-/m0/s1. The maximum absolute atomic E-state index is 15.2. The molecule has 4 heterocycles. The van der Waals surface area contributed by atoms with Gasteiger partial charge in [0, 0.05) is 22.8 Å². The van der Waals surface area contributed by atoms with E-state index in [-0.39, 0.29) is 31.1 Å². The van der Waals surface area contributed by atoms with Gasteiger partial charge < -0.3 is 25.8 Å². The Morgan fingerprint density at radius 3 is 2.67 bits per heavy atom. The molecular formula is C26H21F2N5O6S. The van der Waals surface area contributed by atoms with Crippen LogP contribution in [0.4, 0.5) is 14.5 Å². The highest BCUT2D eigenvalue weighted by Gasteiger charge is 2.46. The fraction of sp³-hybridized carbons (Fsp3) is 0.231. The van der Waals surface area contributed by atoms with Crippen LogP contribution in [0.25, 0.3) is 0 Å². The molecule has 11 nitrogen and oxygen atoms in total. The number of hydrogen-bond donors (Lipinski definition) is 3. The number of rotatable bonds is 2. The monoisotopic (exact) mass is 569 g/mol. The summed E-state index contributed by atoms with van der Waals surface area (Å²) in [7, 11) is 0. The summed E-state index contributed by atoms with van der Waals surface area (Å²) in [5.41, 5.74) is 4.19. The minimum absolute atomic E-state index is 0.00582. The van der Waals surface area contributed by atoms with E-state index in [9.17, 15) is 28.7 Å². The number of carbonyl (C=O) groups excluding carboxylic acids is 3. The van der Waals surface area contributed by atoms with Gasteiger partial charge in [0.1, 0.15) is 11.9 Å². The number of thioether (sulfide) groups is 1. The van der Waals surface area contributed by atoms with Crippen LogP contribution >= 0.6 is 11.8 Å². The molecule has 40 heavy (non-hydrogen) atoms. The van der Waals surface area contributed by atoms with E-state index in [4.69, 9.17) is 10.5 Å². The van der Waals surface area contributed by atoms with Gasteiger partial charge >= 0.3 is 11.8 Å². The second kappa shape index (κ2) is 9.64. The molecule has 206 valence electrons. The van der Waals surface area contributed by atoms with Crippen LogP contribution in [0.1, 0.15) is 33.2 Å². The highest BCUT2D eigenvalue weighted by molar-refractivity contribution is 7.98. The Kier molecular flexibility index (Phi) is 6.22. The molecule has 1 saturated heterocycles. The Bertz CT molecular complexity index is 1660. The second-order valence-electron chi connectivity index (χ2n) is 9.32. The van der Waals surface area contributed by atoms with Gasteiger partial charge in [-0.15, -0.1) is 11.8 Å². The molecule has 0 saturated carbocycles. The summed E-state index contributed by atoms with van der Waals surface area (Å²) in [6.07, 6.45) is 0.278. The van der Waals surface area contributed by atoms with Crippen molar-refractivity contribution in [1.29, 1.82) is 0 Å². The van der Waals surface area contributed by atoms with Gasteiger partial charge in [0.15, 0.2) is 23.1 Å². The number of nitrogens with two attached hydrogens (primary N) is 1. The highest BCUT2D eigenvalue weighted by atomic mass is 32.2. The highest BCUT2D eigenvalue weighted by Crippen LogP contribution is 2.45. The third-order valence-corrected chi connectivity index (χ3v) is 8.25. The first-order valence-electron chi connectivity index (χ1n) is 12.1. The lowest BCUT2D eigenvalue weighted by Crippen LogP contribution is -2.66. The van der Waals surface area contributed by atoms with Crippen molar-refractivity contribution in [3.8, 4) is 5.75 Å². The quantitative estimate of drug-likeness (QED) is 0.393. The molecule has 1 aromatic heterocycles. The largest absolute Gasteiger partial charge is 0.502 e. The number of primary amides is 1. The van der Waals surface area contributed by atoms with E-state index < -0.39 is 64.1 Å². The summed E-state index contributed by atoms with van der Waals surface area (Å²) in [6, 6.07) is 8.84. The number of aromatic hydroxyl groups is 1. The average Bonchev–Trinajstić information content (AvgIpc) is 3.11. The Balaban J connectivity index is 1.66. The minimum atomic E-state index is -1.37. The van der Waals surface area contributed by atoms with Crippen molar-refractivity contribution in [2.75, 3.05) is 30.1 Å². The van der Waals surface area contributed by atoms with Crippen molar-refractivity contribution in [1.82, 2.24) is 9.58 Å². The third kappa shape index (κ3) is 3.90. The lowest BCUT2D eigenvalue weighted by molar-refractivity contribution is -0.134. The maximum atomic E-state index is 15.2. The molecule has 2 atom stereocenters. The third-order valence-electron chi connectivity index (χ3n) is 7.13. The zero-order valence-corrected chi connectivity index (χ0v) is 21.4. The molecular weight excluding hydrogens is 548 g/mol. The number of nitrogens with zero attached hydrogens (tertiary/aromatic N) is 3. The van der Waals surface area contributed by atoms with E-state index in [0.29, 0.717) is 11.1 Å². The number of fused-ring (bicyclic) bond motifs is 4. The summed E-state index contributed by atoms with van der Waals surface area (Å²) < 4.78 is 36.6. The number of nitrogens with one attached hydrogen (secondary N) is 1. The molecule has 3 aliphatic rings. The van der Waals surface area contributed by atoms with Crippen molar-refractivity contribution in [2.24, 2.45) is 5.73 Å². The SMILES string of the molecule is NC(=O)C(=O)Nc1cn2c(c(O)c1=O)C(=O)N1CCOCC1N2[C@@H]1c2ccccc2SCc2c1ccc(F)c2F. The topological polar surface area (TPSA) is 147 Å². The minimum Gasteiger partial charge on any atom is -0.502 e. The van der Waals surface area contributed by atoms with Crippen molar-refractivity contribution in [3.63, 3.8) is 0 Å². The Morgan fingerprint density at radius 1 is 1.12 bits per heavy atom. The smallest absolute Gasteiger partial charge is 0.313 e. The van der Waals surface area contributed by atoms with Crippen molar-refractivity contribution < 1.29 is 33.0 Å². The first-order chi connectivity index (χ1) is 19.2. The Hall–Kier alpha value is -4.43. The van der Waals surface area contributed by atoms with E-state index in [0.717, 1.165) is 17.2 Å². The first kappa shape index (κ1) is 25.8. The van der Waals surface area contributed by atoms with E-state index >= 15 is 4.39 Å². The number of amides is 3. The van der Waals surface area contributed by atoms with E-state index in [2.05, 4.69) is 5.32 Å². The van der Waals surface area contributed by atoms with Crippen LogP contribution in [0.2, 0.25) is 0 Å². The van der Waals surface area contributed by atoms with E-state index in [1.165, 1.54) is 27.4 Å². The van der Waals surface area contributed by atoms with Crippen LogP contribution in [0.5, 0.6) is 5.75 Å². The predicted molar refractivity (Wildman–Crippen MR) is 138 cm³/mol. The van der Waals surface area contributed by atoms with Gasteiger partial charge in [-0.1, -0.05) is 24.3 Å². The van der Waals surface area contributed by atoms with Gasteiger partial charge in [-0.25, -0.2) is 8.78 Å². The van der Waals surface area contributed by atoms with E-state index in [1.54, 1.807) is 17.1 Å². The summed E-state index contributed by atoms with van der Waals surface area (Å²) >= 11 is 1.31. The number of benzene rings is 2. The van der Waals surface area contributed by atoms with Gasteiger partial charge in [-0.3, -0.25) is 28.9 Å². The van der Waals surface area contributed by atoms with Crippen LogP contribution in [0, 0.1) is 11.6 Å². The number of ether oxygens (including phenoxy) is 1. The first-order valence-corrected chi connectivity index (χ1v) is 13.1. The molecule has 1 unspecified atom stereocenters. The molecule has 3 aromatic rings. The normalized spacial score (nSPS) is 19.6. The number of morpholine rings is 1. The lowest BCUT2D eigenvalue weighted by atomic mass is 9.93. The molecule has 0 bridgehead atoms. The number of pyridine rings is 1. The van der Waals surface area contributed by atoms with Crippen LogP contribution < -0.4 is 21.5 Å². The summed E-state index contributed by atoms with van der Waals surface area (Å²) in [5.74, 6) is -6.23. The summed E-state index contributed by atoms with van der Waals surface area (Å²) in [5, 5.41) is 14.7. The van der Waals surface area contributed by atoms with Crippen LogP contribution in [0.3, 0.4) is 0 Å². The van der Waals surface area contributed by atoms with Gasteiger partial charge in [0.2, 0.25) is 5.43 Å². The fourth-order valence-electron chi connectivity index (χ4n) is 5.32. The van der Waals surface area contributed by atoms with Crippen LogP contribution in [-0.4, -0.2) is 58.3 Å². The molecule has 6 rings (SSSR count). The zero-order valence-electron chi connectivity index (χ0n) is 20.6. The summed E-state index contributed by atoms with van der Waals surface area (Å²) in [4.78, 5) is 52.2. The zero-order chi connectivity index (χ0) is 28.3. The molecule has 4 N–H and O–H groups in total. The molecule has 0 aliphatic carbocycles. The van der Waals surface area contributed by atoms with Gasteiger partial charge in [0.05, 0.1) is 25.5 Å². The van der Waals surface area contributed by atoms with E-state index in [1.807, 2.05) is 12.1 Å². The number of carbonyl (C=O) groups is 3. The summed E-state index contributed by atoms with van der Waals surface area (Å²) in [6.45, 7) is 0.328. The molecule has 2 aromatic carbocycles. The van der Waals surface area contributed by atoms with Crippen molar-refractivity contribution in [2.45, 2.75) is 22.9 Å². The maximum Gasteiger partial charge on any atom is 0.313 e. The molecule has 0 radical (unpaired) electrons. The Labute approximate surface area is 229 Å². The van der Waals surface area contributed by atoms with Gasteiger partial charge in [-0.05, 0) is 23.3 Å². The van der Waals surface area contributed by atoms with Crippen LogP contribution in [0.15, 0.2) is 52.3 Å².